The molecule has 184 valence electrons. The number of rotatable bonds is 7. The Labute approximate surface area is 213 Å². The maximum atomic E-state index is 14.0. The highest BCUT2D eigenvalue weighted by atomic mass is 127. The molecule has 3 fully saturated rings. The molecule has 2 heterocycles. The number of halogens is 1. The van der Waals surface area contributed by atoms with Crippen LogP contribution in [0.1, 0.15) is 55.5 Å². The van der Waals surface area contributed by atoms with Crippen molar-refractivity contribution in [1.29, 1.82) is 0 Å². The van der Waals surface area contributed by atoms with Gasteiger partial charge in [0.25, 0.3) is 5.91 Å². The van der Waals surface area contributed by atoms with Crippen molar-refractivity contribution in [2.75, 3.05) is 17.6 Å². The quantitative estimate of drug-likeness (QED) is 0.380. The summed E-state index contributed by atoms with van der Waals surface area (Å²) in [7, 11) is 0. The summed E-state index contributed by atoms with van der Waals surface area (Å²) in [4.78, 5) is 52.6. The summed E-state index contributed by atoms with van der Waals surface area (Å²) in [6.07, 6.45) is 3.51. The first-order valence-electron chi connectivity index (χ1n) is 11.9. The molecule has 34 heavy (non-hydrogen) atoms. The largest absolute Gasteiger partial charge is 0.367 e. The summed E-state index contributed by atoms with van der Waals surface area (Å²) in [6.45, 7) is 4.36. The van der Waals surface area contributed by atoms with Crippen LogP contribution in [0.2, 0.25) is 0 Å². The van der Waals surface area contributed by atoms with Gasteiger partial charge in [-0.1, -0.05) is 54.5 Å². The summed E-state index contributed by atoms with van der Waals surface area (Å²) in [6, 6.07) is 5.77. The minimum atomic E-state index is -0.696. The van der Waals surface area contributed by atoms with Crippen molar-refractivity contribution in [2.24, 2.45) is 11.3 Å². The number of amides is 3. The Morgan fingerprint density at radius 3 is 2.50 bits per heavy atom. The standard InChI is InChI=1S/C25H32IN3O5/c1-15-12-29(20-19(31)13-34-21(15)20)24(33)22(25(14-26)9-3-4-10-25)28-23(32)18-7-5-17(6-8-18)11-27-16(2)30/h5-8,15,20-22H,3-4,9-14H2,1-2H3,(H,27,30)(H,28,32)/t15-,20-,21-,22-/m1/s1. The number of likely N-dealkylation sites (tertiary alicyclic amines) is 1. The molecule has 1 aliphatic carbocycles. The van der Waals surface area contributed by atoms with Crippen molar-refractivity contribution >= 4 is 46.1 Å². The van der Waals surface area contributed by atoms with Crippen molar-refractivity contribution < 1.29 is 23.9 Å². The zero-order valence-electron chi connectivity index (χ0n) is 19.6. The summed E-state index contributed by atoms with van der Waals surface area (Å²) in [5.74, 6) is -0.580. The van der Waals surface area contributed by atoms with Crippen molar-refractivity contribution in [3.05, 3.63) is 35.4 Å². The number of carbonyl (C=O) groups excluding carboxylic acids is 4. The van der Waals surface area contributed by atoms with E-state index < -0.39 is 12.1 Å². The van der Waals surface area contributed by atoms with Crippen LogP contribution in [0.4, 0.5) is 0 Å². The van der Waals surface area contributed by atoms with Gasteiger partial charge < -0.3 is 20.3 Å². The predicted octanol–water partition coefficient (Wildman–Crippen LogP) is 2.23. The SMILES string of the molecule is CC(=O)NCc1ccc(C(=O)N[C@H](C(=O)N2C[C@@H](C)[C@H]3OCC(=O)[C@H]32)C2(CI)CCCC2)cc1. The lowest BCUT2D eigenvalue weighted by atomic mass is 9.79. The van der Waals surface area contributed by atoms with Crippen molar-refractivity contribution in [2.45, 2.75) is 64.3 Å². The highest BCUT2D eigenvalue weighted by molar-refractivity contribution is 14.1. The van der Waals surface area contributed by atoms with Crippen LogP contribution in [0.3, 0.4) is 0 Å². The lowest BCUT2D eigenvalue weighted by Gasteiger charge is -2.38. The van der Waals surface area contributed by atoms with Crippen LogP contribution in [0.15, 0.2) is 24.3 Å². The zero-order chi connectivity index (χ0) is 24.5. The topological polar surface area (TPSA) is 105 Å². The predicted molar refractivity (Wildman–Crippen MR) is 134 cm³/mol. The molecule has 2 saturated heterocycles. The number of ether oxygens (including phenoxy) is 1. The first kappa shape index (κ1) is 25.1. The number of Topliss-reactive ketones (excluding diaryl/α,β-unsaturated/α-hetero) is 1. The summed E-state index contributed by atoms with van der Waals surface area (Å²) < 4.78 is 6.43. The van der Waals surface area contributed by atoms with Crippen LogP contribution >= 0.6 is 22.6 Å². The molecule has 1 aromatic rings. The second kappa shape index (κ2) is 10.3. The molecule has 4 atom stereocenters. The van der Waals surface area contributed by atoms with Gasteiger partial charge in [0.05, 0.1) is 6.10 Å². The van der Waals surface area contributed by atoms with E-state index in [0.29, 0.717) is 18.7 Å². The second-order valence-electron chi connectivity index (χ2n) is 9.87. The fraction of sp³-hybridized carbons (Fsp3) is 0.600. The molecular weight excluding hydrogens is 549 g/mol. The van der Waals surface area contributed by atoms with E-state index in [9.17, 15) is 19.2 Å². The van der Waals surface area contributed by atoms with E-state index in [0.717, 1.165) is 35.7 Å². The number of hydrogen-bond donors (Lipinski definition) is 2. The van der Waals surface area contributed by atoms with E-state index >= 15 is 0 Å². The van der Waals surface area contributed by atoms with Crippen LogP contribution in [0.5, 0.6) is 0 Å². The fourth-order valence-corrected chi connectivity index (χ4v) is 6.76. The van der Waals surface area contributed by atoms with Gasteiger partial charge in [0.15, 0.2) is 5.78 Å². The molecule has 0 aromatic heterocycles. The summed E-state index contributed by atoms with van der Waals surface area (Å²) in [5.41, 5.74) is 1.01. The van der Waals surface area contributed by atoms with E-state index in [1.165, 1.54) is 6.92 Å². The number of ketones is 1. The number of nitrogens with one attached hydrogen (secondary N) is 2. The number of hydrogen-bond acceptors (Lipinski definition) is 5. The summed E-state index contributed by atoms with van der Waals surface area (Å²) in [5, 5.41) is 5.80. The first-order chi connectivity index (χ1) is 16.3. The third kappa shape index (κ3) is 4.86. The molecule has 1 saturated carbocycles. The maximum Gasteiger partial charge on any atom is 0.251 e. The molecule has 8 nitrogen and oxygen atoms in total. The molecule has 2 aliphatic heterocycles. The number of nitrogens with zero attached hydrogens (tertiary/aromatic N) is 1. The number of carbonyl (C=O) groups is 4. The zero-order valence-corrected chi connectivity index (χ0v) is 21.8. The molecule has 0 radical (unpaired) electrons. The molecule has 0 spiro atoms. The van der Waals surface area contributed by atoms with Crippen LogP contribution in [0, 0.1) is 11.3 Å². The fourth-order valence-electron chi connectivity index (χ4n) is 5.56. The van der Waals surface area contributed by atoms with Gasteiger partial charge in [-0.25, -0.2) is 0 Å². The maximum absolute atomic E-state index is 14.0. The van der Waals surface area contributed by atoms with E-state index in [2.05, 4.69) is 33.2 Å². The van der Waals surface area contributed by atoms with Gasteiger partial charge in [-0.15, -0.1) is 0 Å². The molecule has 3 amide bonds. The minimum absolute atomic E-state index is 0.0444. The Kier molecular flexibility index (Phi) is 7.61. The molecule has 3 aliphatic rings. The van der Waals surface area contributed by atoms with E-state index in [-0.39, 0.29) is 47.5 Å². The molecule has 1 aromatic carbocycles. The highest BCUT2D eigenvalue weighted by Crippen LogP contribution is 2.44. The Hall–Kier alpha value is -2.01. The second-order valence-corrected chi connectivity index (χ2v) is 10.6. The monoisotopic (exact) mass is 581 g/mol. The number of fused-ring (bicyclic) bond motifs is 1. The van der Waals surface area contributed by atoms with Crippen LogP contribution in [-0.2, 0) is 25.7 Å². The van der Waals surface area contributed by atoms with Crippen molar-refractivity contribution in [3.8, 4) is 0 Å². The van der Waals surface area contributed by atoms with E-state index in [1.807, 2.05) is 6.92 Å². The first-order valence-corrected chi connectivity index (χ1v) is 13.4. The smallest absolute Gasteiger partial charge is 0.251 e. The van der Waals surface area contributed by atoms with Gasteiger partial charge in [-0.2, -0.15) is 0 Å². The molecule has 4 rings (SSSR count). The van der Waals surface area contributed by atoms with Crippen LogP contribution in [-0.4, -0.2) is 64.2 Å². The van der Waals surface area contributed by atoms with Crippen molar-refractivity contribution in [3.63, 3.8) is 0 Å². The lowest BCUT2D eigenvalue weighted by molar-refractivity contribution is -0.140. The molecule has 0 unspecified atom stereocenters. The normalized spacial score (nSPS) is 26.3. The van der Waals surface area contributed by atoms with Gasteiger partial charge in [0.2, 0.25) is 11.8 Å². The van der Waals surface area contributed by atoms with Crippen LogP contribution < -0.4 is 10.6 Å². The third-order valence-corrected chi connectivity index (χ3v) is 9.00. The third-order valence-electron chi connectivity index (χ3n) is 7.48. The van der Waals surface area contributed by atoms with Gasteiger partial charge in [0, 0.05) is 41.3 Å². The van der Waals surface area contributed by atoms with Crippen LogP contribution in [0.25, 0.3) is 0 Å². The van der Waals surface area contributed by atoms with Gasteiger partial charge in [-0.05, 0) is 30.5 Å². The van der Waals surface area contributed by atoms with Gasteiger partial charge in [-0.3, -0.25) is 19.2 Å². The number of alkyl halides is 1. The molecule has 9 heteroatoms. The lowest BCUT2D eigenvalue weighted by Crippen LogP contribution is -2.59. The Bertz CT molecular complexity index is 960. The van der Waals surface area contributed by atoms with Crippen molar-refractivity contribution in [1.82, 2.24) is 15.5 Å². The average Bonchev–Trinajstić information content (AvgIpc) is 3.54. The summed E-state index contributed by atoms with van der Waals surface area (Å²) >= 11 is 2.33. The molecule has 2 N–H and O–H groups in total. The average molecular weight is 581 g/mol. The highest BCUT2D eigenvalue weighted by Gasteiger charge is 2.54. The Morgan fingerprint density at radius 1 is 1.21 bits per heavy atom. The van der Waals surface area contributed by atoms with Gasteiger partial charge in [0.1, 0.15) is 18.7 Å². The molecular formula is C25H32IN3O5. The molecule has 0 bridgehead atoms. The van der Waals surface area contributed by atoms with E-state index in [1.54, 1.807) is 29.2 Å². The Morgan fingerprint density at radius 2 is 1.88 bits per heavy atom. The van der Waals surface area contributed by atoms with E-state index in [4.69, 9.17) is 4.74 Å². The minimum Gasteiger partial charge on any atom is -0.367 e. The Balaban J connectivity index is 1.56. The van der Waals surface area contributed by atoms with Gasteiger partial charge >= 0.3 is 0 Å². The number of benzene rings is 1.